The van der Waals surface area contributed by atoms with Crippen molar-refractivity contribution in [2.24, 2.45) is 5.92 Å². The van der Waals surface area contributed by atoms with E-state index in [9.17, 15) is 14.4 Å². The number of nitriles is 1. The van der Waals surface area contributed by atoms with Gasteiger partial charge in [0.05, 0.1) is 12.0 Å². The van der Waals surface area contributed by atoms with Gasteiger partial charge in [0.1, 0.15) is 24.8 Å². The lowest BCUT2D eigenvalue weighted by Crippen LogP contribution is -2.50. The van der Waals surface area contributed by atoms with Crippen LogP contribution in [0.5, 0.6) is 0 Å². The van der Waals surface area contributed by atoms with Crippen molar-refractivity contribution in [3.8, 4) is 6.07 Å². The molecule has 3 atom stereocenters. The lowest BCUT2D eigenvalue weighted by molar-refractivity contribution is -0.150. The minimum atomic E-state index is -0.900. The number of ether oxygens (including phenoxy) is 2. The first-order chi connectivity index (χ1) is 14.0. The number of hydrogen-bond donors (Lipinski definition) is 0. The molecule has 2 rings (SSSR count). The van der Waals surface area contributed by atoms with Crippen LogP contribution in [0.2, 0.25) is 0 Å². The van der Waals surface area contributed by atoms with Gasteiger partial charge in [0.15, 0.2) is 0 Å². The van der Waals surface area contributed by atoms with E-state index in [-0.39, 0.29) is 19.6 Å². The van der Waals surface area contributed by atoms with Crippen LogP contribution in [-0.4, -0.2) is 59.0 Å². The SMILES string of the molecule is C[C@H]1[C@@H](C(=O)OCc2ccccc2)C[C@@H](C(=O)N(C)CC#N)N1C(=O)OC(C)(C)C. The molecule has 0 aromatic heterocycles. The van der Waals surface area contributed by atoms with Crippen LogP contribution in [0.25, 0.3) is 0 Å². The lowest BCUT2D eigenvalue weighted by atomic mass is 10.00. The number of nitrogens with zero attached hydrogens (tertiary/aromatic N) is 3. The molecule has 8 heteroatoms. The molecule has 0 bridgehead atoms. The zero-order valence-corrected chi connectivity index (χ0v) is 18.1. The first kappa shape index (κ1) is 23.2. The monoisotopic (exact) mass is 415 g/mol. The zero-order valence-electron chi connectivity index (χ0n) is 18.1. The molecule has 0 N–H and O–H groups in total. The maximum atomic E-state index is 12.9. The van der Waals surface area contributed by atoms with E-state index in [2.05, 4.69) is 0 Å². The first-order valence-corrected chi connectivity index (χ1v) is 9.89. The van der Waals surface area contributed by atoms with Gasteiger partial charge in [-0.15, -0.1) is 0 Å². The molecule has 1 heterocycles. The average molecular weight is 415 g/mol. The summed E-state index contributed by atoms with van der Waals surface area (Å²) in [5.74, 6) is -1.56. The molecule has 1 aromatic rings. The van der Waals surface area contributed by atoms with E-state index in [4.69, 9.17) is 14.7 Å². The summed E-state index contributed by atoms with van der Waals surface area (Å²) in [6, 6.07) is 9.70. The molecular weight excluding hydrogens is 386 g/mol. The van der Waals surface area contributed by atoms with Crippen LogP contribution in [-0.2, 0) is 25.7 Å². The molecular formula is C22H29N3O5. The largest absolute Gasteiger partial charge is 0.461 e. The molecule has 2 amide bonds. The van der Waals surface area contributed by atoms with Crippen LogP contribution in [0, 0.1) is 17.2 Å². The van der Waals surface area contributed by atoms with Crippen molar-refractivity contribution in [2.75, 3.05) is 13.6 Å². The maximum Gasteiger partial charge on any atom is 0.411 e. The number of rotatable bonds is 5. The highest BCUT2D eigenvalue weighted by atomic mass is 16.6. The van der Waals surface area contributed by atoms with Crippen LogP contribution in [0.4, 0.5) is 4.79 Å². The van der Waals surface area contributed by atoms with Crippen molar-refractivity contribution in [1.82, 2.24) is 9.80 Å². The second-order valence-electron chi connectivity index (χ2n) is 8.43. The summed E-state index contributed by atoms with van der Waals surface area (Å²) in [5, 5.41) is 8.90. The summed E-state index contributed by atoms with van der Waals surface area (Å²) in [7, 11) is 1.49. The second-order valence-corrected chi connectivity index (χ2v) is 8.43. The van der Waals surface area contributed by atoms with Gasteiger partial charge in [-0.05, 0) is 39.7 Å². The van der Waals surface area contributed by atoms with E-state index in [1.807, 2.05) is 36.4 Å². The van der Waals surface area contributed by atoms with Crippen molar-refractivity contribution < 1.29 is 23.9 Å². The number of benzene rings is 1. The Labute approximate surface area is 177 Å². The van der Waals surface area contributed by atoms with Crippen LogP contribution >= 0.6 is 0 Å². The lowest BCUT2D eigenvalue weighted by Gasteiger charge is -2.32. The summed E-state index contributed by atoms with van der Waals surface area (Å²) >= 11 is 0. The van der Waals surface area contributed by atoms with E-state index >= 15 is 0 Å². The molecule has 0 unspecified atom stereocenters. The van der Waals surface area contributed by atoms with Crippen molar-refractivity contribution in [1.29, 1.82) is 5.26 Å². The minimum Gasteiger partial charge on any atom is -0.461 e. The summed E-state index contributed by atoms with van der Waals surface area (Å²) in [5.41, 5.74) is 0.0939. The quantitative estimate of drug-likeness (QED) is 0.541. The Hall–Kier alpha value is -3.08. The molecule has 162 valence electrons. The third kappa shape index (κ3) is 5.72. The number of likely N-dealkylation sites (N-methyl/N-ethyl adjacent to an activating group) is 1. The van der Waals surface area contributed by atoms with Gasteiger partial charge in [0.25, 0.3) is 0 Å². The fourth-order valence-electron chi connectivity index (χ4n) is 3.42. The van der Waals surface area contributed by atoms with E-state index in [0.717, 1.165) is 5.56 Å². The Morgan fingerprint density at radius 2 is 1.87 bits per heavy atom. The molecule has 1 aromatic carbocycles. The Balaban J connectivity index is 2.20. The third-order valence-corrected chi connectivity index (χ3v) is 4.93. The molecule has 1 fully saturated rings. The number of carbonyl (C=O) groups excluding carboxylic acids is 3. The normalized spacial score (nSPS) is 20.9. The zero-order chi connectivity index (χ0) is 22.5. The highest BCUT2D eigenvalue weighted by molar-refractivity contribution is 5.88. The molecule has 0 aliphatic carbocycles. The molecule has 0 spiro atoms. The number of esters is 1. The van der Waals surface area contributed by atoms with E-state index in [1.165, 1.54) is 16.8 Å². The van der Waals surface area contributed by atoms with Crippen LogP contribution in [0.15, 0.2) is 30.3 Å². The number of amides is 2. The molecule has 0 radical (unpaired) electrons. The standard InChI is InChI=1S/C22H29N3O5/c1-15-17(20(27)29-14-16-9-7-6-8-10-16)13-18(19(26)24(5)12-11-23)25(15)21(28)30-22(2,3)4/h6-10,15,17-18H,12-14H2,1-5H3/t15-,17-,18-/m0/s1. The first-order valence-electron chi connectivity index (χ1n) is 9.89. The Morgan fingerprint density at radius 1 is 1.23 bits per heavy atom. The smallest absolute Gasteiger partial charge is 0.411 e. The highest BCUT2D eigenvalue weighted by Crippen LogP contribution is 2.33. The van der Waals surface area contributed by atoms with Gasteiger partial charge in [0.2, 0.25) is 5.91 Å². The predicted molar refractivity (Wildman–Crippen MR) is 109 cm³/mol. The Kier molecular flexibility index (Phi) is 7.43. The van der Waals surface area contributed by atoms with Gasteiger partial charge >= 0.3 is 12.1 Å². The molecule has 1 saturated heterocycles. The van der Waals surface area contributed by atoms with Gasteiger partial charge < -0.3 is 14.4 Å². The summed E-state index contributed by atoms with van der Waals surface area (Å²) in [4.78, 5) is 41.0. The molecule has 0 saturated carbocycles. The number of carbonyl (C=O) groups is 3. The fraction of sp³-hybridized carbons (Fsp3) is 0.545. The molecule has 1 aliphatic rings. The third-order valence-electron chi connectivity index (χ3n) is 4.93. The maximum absolute atomic E-state index is 12.9. The van der Waals surface area contributed by atoms with Crippen LogP contribution in [0.3, 0.4) is 0 Å². The van der Waals surface area contributed by atoms with Gasteiger partial charge in [-0.2, -0.15) is 5.26 Å². The summed E-state index contributed by atoms with van der Waals surface area (Å²) < 4.78 is 10.9. The topological polar surface area (TPSA) is 99.9 Å². The fourth-order valence-corrected chi connectivity index (χ4v) is 3.42. The number of likely N-dealkylation sites (tertiary alicyclic amines) is 1. The van der Waals surface area contributed by atoms with Crippen molar-refractivity contribution in [2.45, 2.75) is 58.4 Å². The number of hydrogen-bond acceptors (Lipinski definition) is 6. The van der Waals surface area contributed by atoms with E-state index in [1.54, 1.807) is 27.7 Å². The molecule has 1 aliphatic heterocycles. The Morgan fingerprint density at radius 3 is 2.43 bits per heavy atom. The average Bonchev–Trinajstić information content (AvgIpc) is 3.02. The van der Waals surface area contributed by atoms with Gasteiger partial charge in [-0.25, -0.2) is 4.79 Å². The van der Waals surface area contributed by atoms with Gasteiger partial charge in [-0.1, -0.05) is 30.3 Å². The highest BCUT2D eigenvalue weighted by Gasteiger charge is 2.50. The van der Waals surface area contributed by atoms with E-state index in [0.29, 0.717) is 0 Å². The van der Waals surface area contributed by atoms with Gasteiger partial charge in [-0.3, -0.25) is 14.5 Å². The summed E-state index contributed by atoms with van der Waals surface area (Å²) in [6.45, 7) is 6.90. The summed E-state index contributed by atoms with van der Waals surface area (Å²) in [6.07, 6.45) is -0.556. The van der Waals surface area contributed by atoms with Crippen LogP contribution < -0.4 is 0 Å². The Bertz CT molecular complexity index is 812. The van der Waals surface area contributed by atoms with Crippen molar-refractivity contribution in [3.63, 3.8) is 0 Å². The van der Waals surface area contributed by atoms with Crippen molar-refractivity contribution in [3.05, 3.63) is 35.9 Å². The van der Waals surface area contributed by atoms with E-state index < -0.39 is 41.6 Å². The van der Waals surface area contributed by atoms with Crippen LogP contribution in [0.1, 0.15) is 39.7 Å². The minimum absolute atomic E-state index is 0.113. The second kappa shape index (κ2) is 9.61. The predicted octanol–water partition coefficient (Wildman–Crippen LogP) is 2.73. The van der Waals surface area contributed by atoms with Crippen molar-refractivity contribution >= 4 is 18.0 Å². The van der Waals surface area contributed by atoms with Gasteiger partial charge in [0, 0.05) is 13.1 Å². The molecule has 8 nitrogen and oxygen atoms in total. The molecule has 30 heavy (non-hydrogen) atoms.